The largest absolute Gasteiger partial charge is 0.375 e. The molecule has 1 aliphatic rings. The van der Waals surface area contributed by atoms with E-state index in [1.54, 1.807) is 12.1 Å². The lowest BCUT2D eigenvalue weighted by molar-refractivity contribution is 0.0466. The first-order valence-corrected chi connectivity index (χ1v) is 8.06. The van der Waals surface area contributed by atoms with Gasteiger partial charge in [0.2, 0.25) is 0 Å². The number of nitrogens with one attached hydrogen (secondary N) is 1. The lowest BCUT2D eigenvalue weighted by Gasteiger charge is -2.32. The maximum Gasteiger partial charge on any atom is 0.123 e. The van der Waals surface area contributed by atoms with Crippen molar-refractivity contribution < 1.29 is 9.13 Å². The Hall–Kier alpha value is -0.580. The van der Waals surface area contributed by atoms with Gasteiger partial charge in [-0.25, -0.2) is 4.39 Å². The van der Waals surface area contributed by atoms with E-state index in [1.807, 2.05) is 24.8 Å². The third kappa shape index (κ3) is 3.94. The fourth-order valence-electron chi connectivity index (χ4n) is 2.43. The molecule has 0 aliphatic carbocycles. The number of rotatable bonds is 5. The van der Waals surface area contributed by atoms with Gasteiger partial charge >= 0.3 is 0 Å². The van der Waals surface area contributed by atoms with Crippen LogP contribution in [-0.2, 0) is 4.74 Å². The molecule has 1 aromatic carbocycles. The number of hydrogen-bond donors (Lipinski definition) is 1. The van der Waals surface area contributed by atoms with Crippen LogP contribution >= 0.6 is 11.8 Å². The summed E-state index contributed by atoms with van der Waals surface area (Å²) in [7, 11) is 0. The van der Waals surface area contributed by atoms with Crippen molar-refractivity contribution in [2.75, 3.05) is 24.7 Å². The molecule has 1 fully saturated rings. The summed E-state index contributed by atoms with van der Waals surface area (Å²) in [5.74, 6) is 1.90. The summed E-state index contributed by atoms with van der Waals surface area (Å²) in [6.07, 6.45) is 1.26. The van der Waals surface area contributed by atoms with Gasteiger partial charge in [-0.15, -0.1) is 0 Å². The number of aryl methyl sites for hydroxylation is 1. The predicted molar refractivity (Wildman–Crippen MR) is 79.2 cm³/mol. The van der Waals surface area contributed by atoms with Crippen LogP contribution in [0.2, 0.25) is 0 Å². The van der Waals surface area contributed by atoms with Crippen LogP contribution in [0.25, 0.3) is 0 Å². The number of halogens is 1. The summed E-state index contributed by atoms with van der Waals surface area (Å²) < 4.78 is 19.1. The van der Waals surface area contributed by atoms with Crippen LogP contribution in [0, 0.1) is 12.7 Å². The van der Waals surface area contributed by atoms with Gasteiger partial charge in [-0.1, -0.05) is 13.0 Å². The van der Waals surface area contributed by atoms with Crippen molar-refractivity contribution in [1.29, 1.82) is 0 Å². The van der Waals surface area contributed by atoms with Crippen molar-refractivity contribution in [3.8, 4) is 0 Å². The Labute approximate surface area is 119 Å². The minimum atomic E-state index is -0.172. The maximum atomic E-state index is 13.2. The first-order chi connectivity index (χ1) is 9.22. The molecule has 0 amide bonds. The highest BCUT2D eigenvalue weighted by Gasteiger charge is 2.26. The lowest BCUT2D eigenvalue weighted by atomic mass is 9.97. The quantitative estimate of drug-likeness (QED) is 0.896. The minimum Gasteiger partial charge on any atom is -0.375 e. The van der Waals surface area contributed by atoms with E-state index in [4.69, 9.17) is 4.74 Å². The normalized spacial score (nSPS) is 21.3. The lowest BCUT2D eigenvalue weighted by Crippen LogP contribution is -2.38. The highest BCUT2D eigenvalue weighted by Crippen LogP contribution is 2.28. The van der Waals surface area contributed by atoms with E-state index in [0.29, 0.717) is 0 Å². The molecule has 0 saturated carbocycles. The molecule has 0 spiro atoms. The molecule has 1 N–H and O–H groups in total. The highest BCUT2D eigenvalue weighted by molar-refractivity contribution is 7.99. The van der Waals surface area contributed by atoms with Crippen molar-refractivity contribution in [2.24, 2.45) is 0 Å². The van der Waals surface area contributed by atoms with Crippen LogP contribution in [-0.4, -0.2) is 30.8 Å². The molecule has 0 bridgehead atoms. The summed E-state index contributed by atoms with van der Waals surface area (Å²) in [5.41, 5.74) is 2.15. The molecule has 2 atom stereocenters. The van der Waals surface area contributed by atoms with Crippen molar-refractivity contribution in [2.45, 2.75) is 32.4 Å². The van der Waals surface area contributed by atoms with Gasteiger partial charge in [0.1, 0.15) is 5.82 Å². The van der Waals surface area contributed by atoms with Crippen LogP contribution in [0.1, 0.15) is 30.5 Å². The zero-order valence-electron chi connectivity index (χ0n) is 11.6. The fourth-order valence-corrected chi connectivity index (χ4v) is 3.33. The Bertz CT molecular complexity index is 407. The summed E-state index contributed by atoms with van der Waals surface area (Å²) >= 11 is 1.93. The van der Waals surface area contributed by atoms with Gasteiger partial charge in [0, 0.05) is 11.5 Å². The minimum absolute atomic E-state index is 0.161. The molecule has 2 unspecified atom stereocenters. The van der Waals surface area contributed by atoms with E-state index in [2.05, 4.69) is 12.2 Å². The second kappa shape index (κ2) is 7.27. The number of hydrogen-bond acceptors (Lipinski definition) is 3. The standard InChI is InChI=1S/C15H22FNOS/c1-3-6-17-15(14-10-19-8-7-18-14)13-5-4-12(16)9-11(13)2/h4-5,9,14-15,17H,3,6-8,10H2,1-2H3. The molecule has 0 aromatic heterocycles. The SMILES string of the molecule is CCCNC(c1ccc(F)cc1C)C1CSCCO1. The molecular weight excluding hydrogens is 261 g/mol. The van der Waals surface area contributed by atoms with Crippen LogP contribution in [0.3, 0.4) is 0 Å². The molecule has 4 heteroatoms. The topological polar surface area (TPSA) is 21.3 Å². The fraction of sp³-hybridized carbons (Fsp3) is 0.600. The molecule has 1 aliphatic heterocycles. The van der Waals surface area contributed by atoms with Crippen molar-refractivity contribution >= 4 is 11.8 Å². The summed E-state index contributed by atoms with van der Waals surface area (Å²) in [5, 5.41) is 3.55. The van der Waals surface area contributed by atoms with Crippen molar-refractivity contribution in [1.82, 2.24) is 5.32 Å². The Morgan fingerprint density at radius 1 is 1.53 bits per heavy atom. The third-order valence-electron chi connectivity index (χ3n) is 3.39. The molecule has 2 nitrogen and oxygen atoms in total. The molecule has 2 rings (SSSR count). The van der Waals surface area contributed by atoms with Gasteiger partial charge in [0.25, 0.3) is 0 Å². The summed E-state index contributed by atoms with van der Waals surface area (Å²) in [6, 6.07) is 5.19. The maximum absolute atomic E-state index is 13.2. The van der Waals surface area contributed by atoms with E-state index < -0.39 is 0 Å². The van der Waals surface area contributed by atoms with Gasteiger partial charge in [-0.05, 0) is 43.1 Å². The average molecular weight is 283 g/mol. The van der Waals surface area contributed by atoms with Gasteiger partial charge in [-0.3, -0.25) is 0 Å². The zero-order chi connectivity index (χ0) is 13.7. The summed E-state index contributed by atoms with van der Waals surface area (Å²) in [6.45, 7) is 5.87. The monoisotopic (exact) mass is 283 g/mol. The number of benzene rings is 1. The molecule has 19 heavy (non-hydrogen) atoms. The molecule has 106 valence electrons. The zero-order valence-corrected chi connectivity index (χ0v) is 12.4. The molecule has 1 aromatic rings. The second-order valence-electron chi connectivity index (χ2n) is 4.92. The number of thioether (sulfide) groups is 1. The molecular formula is C15H22FNOS. The smallest absolute Gasteiger partial charge is 0.123 e. The Balaban J connectivity index is 2.19. The van der Waals surface area contributed by atoms with Crippen molar-refractivity contribution in [3.05, 3.63) is 35.1 Å². The Morgan fingerprint density at radius 2 is 2.37 bits per heavy atom. The van der Waals surface area contributed by atoms with E-state index in [1.165, 1.54) is 0 Å². The van der Waals surface area contributed by atoms with E-state index in [0.717, 1.165) is 42.2 Å². The van der Waals surface area contributed by atoms with E-state index in [9.17, 15) is 4.39 Å². The van der Waals surface area contributed by atoms with Gasteiger partial charge in [-0.2, -0.15) is 11.8 Å². The first-order valence-electron chi connectivity index (χ1n) is 6.91. The molecule has 1 heterocycles. The van der Waals surface area contributed by atoms with E-state index in [-0.39, 0.29) is 18.0 Å². The molecule has 0 radical (unpaired) electrons. The molecule has 1 saturated heterocycles. The average Bonchev–Trinajstić information content (AvgIpc) is 2.42. The number of ether oxygens (including phenoxy) is 1. The first kappa shape index (κ1) is 14.8. The summed E-state index contributed by atoms with van der Waals surface area (Å²) in [4.78, 5) is 0. The van der Waals surface area contributed by atoms with Crippen LogP contribution < -0.4 is 5.32 Å². The van der Waals surface area contributed by atoms with Crippen LogP contribution in [0.5, 0.6) is 0 Å². The van der Waals surface area contributed by atoms with Crippen molar-refractivity contribution in [3.63, 3.8) is 0 Å². The van der Waals surface area contributed by atoms with Crippen LogP contribution in [0.15, 0.2) is 18.2 Å². The Morgan fingerprint density at radius 3 is 3.00 bits per heavy atom. The highest BCUT2D eigenvalue weighted by atomic mass is 32.2. The van der Waals surface area contributed by atoms with E-state index >= 15 is 0 Å². The Kier molecular flexibility index (Phi) is 5.67. The van der Waals surface area contributed by atoms with Gasteiger partial charge in [0.15, 0.2) is 0 Å². The third-order valence-corrected chi connectivity index (χ3v) is 4.41. The van der Waals surface area contributed by atoms with Gasteiger partial charge in [0.05, 0.1) is 18.8 Å². The van der Waals surface area contributed by atoms with Gasteiger partial charge < -0.3 is 10.1 Å². The second-order valence-corrected chi connectivity index (χ2v) is 6.07. The van der Waals surface area contributed by atoms with Crippen LogP contribution in [0.4, 0.5) is 4.39 Å². The predicted octanol–water partition coefficient (Wildman–Crippen LogP) is 3.31.